The van der Waals surface area contributed by atoms with Crippen molar-refractivity contribution >= 4 is 5.91 Å². The van der Waals surface area contributed by atoms with E-state index in [1.807, 2.05) is 6.92 Å². The van der Waals surface area contributed by atoms with Gasteiger partial charge >= 0.3 is 0 Å². The normalized spacial score (nSPS) is 29.9. The van der Waals surface area contributed by atoms with Crippen LogP contribution >= 0.6 is 0 Å². The molecule has 158 valence electrons. The number of likely N-dealkylation sites (tertiary alicyclic amines) is 2. The standard InChI is InChI=1S/C22H37N3O3/c1-2-28-22(27)24-12-5-7-18(9-15-24)23-13-10-19(11-14-23)25-20-8-4-3-6-17(20)16-21(25)26/h18-19,22,27H,2-16H2,1H3. The quantitative estimate of drug-likeness (QED) is 0.730. The highest BCUT2D eigenvalue weighted by atomic mass is 16.6. The van der Waals surface area contributed by atoms with Crippen molar-refractivity contribution in [2.45, 2.75) is 89.6 Å². The van der Waals surface area contributed by atoms with Gasteiger partial charge in [0, 0.05) is 50.6 Å². The van der Waals surface area contributed by atoms with Gasteiger partial charge in [0.15, 0.2) is 0 Å². The highest BCUT2D eigenvalue weighted by Gasteiger charge is 2.38. The number of piperidine rings is 1. The Hall–Kier alpha value is -0.950. The number of nitrogens with zero attached hydrogens (tertiary/aromatic N) is 3. The van der Waals surface area contributed by atoms with E-state index in [4.69, 9.17) is 4.74 Å². The summed E-state index contributed by atoms with van der Waals surface area (Å²) in [6, 6.07) is 1.01. The Labute approximate surface area is 169 Å². The van der Waals surface area contributed by atoms with Gasteiger partial charge in [-0.05, 0) is 70.3 Å². The molecule has 0 radical (unpaired) electrons. The zero-order valence-electron chi connectivity index (χ0n) is 17.4. The van der Waals surface area contributed by atoms with Crippen molar-refractivity contribution in [1.82, 2.24) is 14.7 Å². The molecule has 2 saturated heterocycles. The van der Waals surface area contributed by atoms with Gasteiger partial charge in [0.05, 0.1) is 6.42 Å². The topological polar surface area (TPSA) is 56.3 Å². The first-order valence-electron chi connectivity index (χ1n) is 11.5. The molecule has 0 aromatic heterocycles. The first-order chi connectivity index (χ1) is 13.7. The van der Waals surface area contributed by atoms with E-state index in [1.54, 1.807) is 0 Å². The molecule has 1 amide bonds. The van der Waals surface area contributed by atoms with Gasteiger partial charge in [-0.15, -0.1) is 0 Å². The number of hydrogen-bond donors (Lipinski definition) is 1. The van der Waals surface area contributed by atoms with Crippen LogP contribution in [0.4, 0.5) is 0 Å². The first-order valence-corrected chi connectivity index (χ1v) is 11.5. The average Bonchev–Trinajstić information content (AvgIpc) is 2.88. The molecule has 6 nitrogen and oxygen atoms in total. The average molecular weight is 392 g/mol. The number of aliphatic hydroxyl groups is 1. The second-order valence-electron chi connectivity index (χ2n) is 8.87. The molecule has 2 unspecified atom stereocenters. The fraction of sp³-hybridized carbons (Fsp3) is 0.864. The summed E-state index contributed by atoms with van der Waals surface area (Å²) in [6.45, 7) is 6.46. The Morgan fingerprint density at radius 3 is 2.54 bits per heavy atom. The van der Waals surface area contributed by atoms with Gasteiger partial charge in [0.25, 0.3) is 0 Å². The van der Waals surface area contributed by atoms with E-state index in [0.29, 0.717) is 31.0 Å². The molecule has 1 aliphatic carbocycles. The number of amides is 1. The van der Waals surface area contributed by atoms with Crippen LogP contribution in [0.15, 0.2) is 11.3 Å². The lowest BCUT2D eigenvalue weighted by Gasteiger charge is -2.41. The Morgan fingerprint density at radius 1 is 1.00 bits per heavy atom. The third-order valence-corrected chi connectivity index (χ3v) is 7.22. The minimum atomic E-state index is -0.756. The smallest absolute Gasteiger partial charge is 0.231 e. The molecule has 0 spiro atoms. The van der Waals surface area contributed by atoms with E-state index in [-0.39, 0.29) is 0 Å². The lowest BCUT2D eigenvalue weighted by Crippen LogP contribution is -2.48. The largest absolute Gasteiger partial charge is 0.356 e. The summed E-state index contributed by atoms with van der Waals surface area (Å²) < 4.78 is 5.37. The van der Waals surface area contributed by atoms with Crippen molar-refractivity contribution in [3.05, 3.63) is 11.3 Å². The summed E-state index contributed by atoms with van der Waals surface area (Å²) in [5.41, 5.74) is 2.83. The van der Waals surface area contributed by atoms with Crippen molar-refractivity contribution < 1.29 is 14.6 Å². The molecule has 4 aliphatic rings. The molecular formula is C22H37N3O3. The number of allylic oxidation sites excluding steroid dienone is 1. The summed E-state index contributed by atoms with van der Waals surface area (Å²) in [7, 11) is 0. The highest BCUT2D eigenvalue weighted by Crippen LogP contribution is 2.38. The molecule has 6 heteroatoms. The lowest BCUT2D eigenvalue weighted by molar-refractivity contribution is -0.189. The molecule has 0 aromatic rings. The van der Waals surface area contributed by atoms with Crippen molar-refractivity contribution in [3.8, 4) is 0 Å². The van der Waals surface area contributed by atoms with Gasteiger partial charge in [-0.1, -0.05) is 0 Å². The Morgan fingerprint density at radius 2 is 1.75 bits per heavy atom. The molecule has 2 atom stereocenters. The number of aliphatic hydroxyl groups excluding tert-OH is 1. The minimum Gasteiger partial charge on any atom is -0.356 e. The van der Waals surface area contributed by atoms with Crippen LogP contribution in [0.25, 0.3) is 0 Å². The van der Waals surface area contributed by atoms with Gasteiger partial charge in [-0.2, -0.15) is 0 Å². The van der Waals surface area contributed by atoms with E-state index in [0.717, 1.165) is 64.7 Å². The molecule has 2 fully saturated rings. The number of rotatable bonds is 5. The van der Waals surface area contributed by atoms with Gasteiger partial charge in [-0.25, -0.2) is 0 Å². The molecule has 0 aromatic carbocycles. The van der Waals surface area contributed by atoms with Gasteiger partial charge in [0.2, 0.25) is 12.3 Å². The summed E-state index contributed by atoms with van der Waals surface area (Å²) >= 11 is 0. The zero-order chi connectivity index (χ0) is 19.5. The predicted octanol–water partition coefficient (Wildman–Crippen LogP) is 2.68. The van der Waals surface area contributed by atoms with Crippen LogP contribution in [0.2, 0.25) is 0 Å². The van der Waals surface area contributed by atoms with Gasteiger partial charge in [0.1, 0.15) is 0 Å². The summed E-state index contributed by atoms with van der Waals surface area (Å²) in [5, 5.41) is 10.1. The summed E-state index contributed by atoms with van der Waals surface area (Å²) in [6.07, 6.45) is 10.3. The predicted molar refractivity (Wildman–Crippen MR) is 108 cm³/mol. The third kappa shape index (κ3) is 4.30. The maximum absolute atomic E-state index is 12.7. The molecule has 4 rings (SSSR count). The number of ether oxygens (including phenoxy) is 1. The maximum Gasteiger partial charge on any atom is 0.231 e. The van der Waals surface area contributed by atoms with E-state index in [2.05, 4.69) is 14.7 Å². The van der Waals surface area contributed by atoms with Crippen molar-refractivity contribution in [2.24, 2.45) is 0 Å². The molecule has 1 N–H and O–H groups in total. The van der Waals surface area contributed by atoms with E-state index < -0.39 is 6.41 Å². The van der Waals surface area contributed by atoms with Crippen molar-refractivity contribution in [3.63, 3.8) is 0 Å². The number of carbonyl (C=O) groups excluding carboxylic acids is 1. The van der Waals surface area contributed by atoms with Crippen LogP contribution in [0, 0.1) is 0 Å². The highest BCUT2D eigenvalue weighted by molar-refractivity contribution is 5.84. The van der Waals surface area contributed by atoms with Crippen LogP contribution in [0.5, 0.6) is 0 Å². The van der Waals surface area contributed by atoms with Crippen LogP contribution in [0.3, 0.4) is 0 Å². The van der Waals surface area contributed by atoms with E-state index in [9.17, 15) is 9.90 Å². The minimum absolute atomic E-state index is 0.361. The molecule has 3 heterocycles. The van der Waals surface area contributed by atoms with E-state index >= 15 is 0 Å². The molecular weight excluding hydrogens is 354 g/mol. The zero-order valence-corrected chi connectivity index (χ0v) is 17.4. The van der Waals surface area contributed by atoms with E-state index in [1.165, 1.54) is 30.5 Å². The Kier molecular flexibility index (Phi) is 6.71. The fourth-order valence-electron chi connectivity index (χ4n) is 5.73. The first kappa shape index (κ1) is 20.3. The second-order valence-corrected chi connectivity index (χ2v) is 8.87. The maximum atomic E-state index is 12.7. The molecule has 3 aliphatic heterocycles. The van der Waals surface area contributed by atoms with Gasteiger partial charge in [-0.3, -0.25) is 9.69 Å². The van der Waals surface area contributed by atoms with Crippen LogP contribution in [0.1, 0.15) is 71.1 Å². The Bertz CT molecular complexity index is 586. The summed E-state index contributed by atoms with van der Waals surface area (Å²) in [4.78, 5) is 19.6. The Balaban J connectivity index is 1.30. The summed E-state index contributed by atoms with van der Waals surface area (Å²) in [5.74, 6) is 0.361. The molecule has 0 saturated carbocycles. The van der Waals surface area contributed by atoms with Crippen LogP contribution in [-0.4, -0.2) is 77.0 Å². The SMILES string of the molecule is CCOC(O)N1CCCC(N2CCC(N3C(=O)CC4=C3CCCC4)CC2)CC1. The van der Waals surface area contributed by atoms with Crippen molar-refractivity contribution in [2.75, 3.05) is 32.8 Å². The molecule has 28 heavy (non-hydrogen) atoms. The lowest BCUT2D eigenvalue weighted by atomic mass is 9.95. The molecule has 0 bridgehead atoms. The van der Waals surface area contributed by atoms with Crippen molar-refractivity contribution in [1.29, 1.82) is 0 Å². The third-order valence-electron chi connectivity index (χ3n) is 7.22. The number of carbonyl (C=O) groups is 1. The van der Waals surface area contributed by atoms with Crippen LogP contribution in [-0.2, 0) is 9.53 Å². The number of hydrogen-bond acceptors (Lipinski definition) is 5. The fourth-order valence-corrected chi connectivity index (χ4v) is 5.73. The van der Waals surface area contributed by atoms with Gasteiger partial charge < -0.3 is 19.6 Å². The van der Waals surface area contributed by atoms with Crippen LogP contribution < -0.4 is 0 Å². The monoisotopic (exact) mass is 391 g/mol. The second kappa shape index (κ2) is 9.24.